The number of nitrogens with zero attached hydrogens (tertiary/aromatic N) is 2. The topological polar surface area (TPSA) is 56.0 Å². The molecule has 0 unspecified atom stereocenters. The van der Waals surface area contributed by atoms with E-state index in [4.69, 9.17) is 0 Å². The third kappa shape index (κ3) is 2.88. The number of nitrogens with one attached hydrogen (secondary N) is 1. The molecule has 0 spiro atoms. The van der Waals surface area contributed by atoms with E-state index in [0.29, 0.717) is 18.9 Å². The molecule has 0 aliphatic rings. The molecule has 1 aromatic heterocycles. The SMILES string of the molecule is C=CCNc1cc(=O)n(C)c(=O)n1Cc1ccccc1. The second-order valence-electron chi connectivity index (χ2n) is 4.45. The Kier molecular flexibility index (Phi) is 4.20. The van der Waals surface area contributed by atoms with Gasteiger partial charge in [-0.3, -0.25) is 13.9 Å². The van der Waals surface area contributed by atoms with Crippen LogP contribution < -0.4 is 16.6 Å². The fourth-order valence-electron chi connectivity index (χ4n) is 1.91. The molecular weight excluding hydrogens is 254 g/mol. The van der Waals surface area contributed by atoms with Crippen molar-refractivity contribution in [1.82, 2.24) is 9.13 Å². The first kappa shape index (κ1) is 13.9. The summed E-state index contributed by atoms with van der Waals surface area (Å²) in [5.41, 5.74) is 0.327. The van der Waals surface area contributed by atoms with Crippen molar-refractivity contribution in [1.29, 1.82) is 0 Å². The first-order valence-electron chi connectivity index (χ1n) is 6.33. The largest absolute Gasteiger partial charge is 0.368 e. The average Bonchev–Trinajstić information content (AvgIpc) is 2.47. The summed E-state index contributed by atoms with van der Waals surface area (Å²) in [6.07, 6.45) is 1.68. The molecule has 1 N–H and O–H groups in total. The lowest BCUT2D eigenvalue weighted by molar-refractivity contribution is 0.651. The zero-order chi connectivity index (χ0) is 14.5. The van der Waals surface area contributed by atoms with Crippen molar-refractivity contribution in [3.63, 3.8) is 0 Å². The molecule has 1 heterocycles. The van der Waals surface area contributed by atoms with Gasteiger partial charge in [0.25, 0.3) is 5.56 Å². The number of anilines is 1. The van der Waals surface area contributed by atoms with Crippen LogP contribution in [0.15, 0.2) is 58.6 Å². The highest BCUT2D eigenvalue weighted by molar-refractivity contribution is 5.36. The van der Waals surface area contributed by atoms with E-state index in [1.54, 1.807) is 10.6 Å². The van der Waals surface area contributed by atoms with Crippen LogP contribution in [-0.4, -0.2) is 15.7 Å². The molecule has 20 heavy (non-hydrogen) atoms. The third-order valence-electron chi connectivity index (χ3n) is 3.01. The summed E-state index contributed by atoms with van der Waals surface area (Å²) < 4.78 is 2.64. The van der Waals surface area contributed by atoms with E-state index in [1.807, 2.05) is 30.3 Å². The summed E-state index contributed by atoms with van der Waals surface area (Å²) in [7, 11) is 1.48. The van der Waals surface area contributed by atoms with Gasteiger partial charge in [-0.2, -0.15) is 0 Å². The summed E-state index contributed by atoms with van der Waals surface area (Å²) in [6, 6.07) is 11.1. The molecule has 0 fully saturated rings. The van der Waals surface area contributed by atoms with Gasteiger partial charge in [0.1, 0.15) is 5.82 Å². The molecule has 104 valence electrons. The van der Waals surface area contributed by atoms with Crippen LogP contribution >= 0.6 is 0 Å². The van der Waals surface area contributed by atoms with E-state index >= 15 is 0 Å². The fourth-order valence-corrected chi connectivity index (χ4v) is 1.91. The first-order chi connectivity index (χ1) is 9.63. The van der Waals surface area contributed by atoms with Crippen molar-refractivity contribution >= 4 is 5.82 Å². The van der Waals surface area contributed by atoms with Gasteiger partial charge in [0.15, 0.2) is 0 Å². The minimum Gasteiger partial charge on any atom is -0.368 e. The third-order valence-corrected chi connectivity index (χ3v) is 3.01. The molecule has 0 atom stereocenters. The molecule has 5 nitrogen and oxygen atoms in total. The Balaban J connectivity index is 2.49. The summed E-state index contributed by atoms with van der Waals surface area (Å²) in [5.74, 6) is 0.502. The minimum absolute atomic E-state index is 0.328. The molecule has 0 saturated heterocycles. The first-order valence-corrected chi connectivity index (χ1v) is 6.33. The summed E-state index contributed by atoms with van der Waals surface area (Å²) in [6.45, 7) is 4.52. The number of hydrogen-bond donors (Lipinski definition) is 1. The molecule has 2 aromatic rings. The quantitative estimate of drug-likeness (QED) is 0.831. The Labute approximate surface area is 116 Å². The van der Waals surface area contributed by atoms with Gasteiger partial charge in [-0.1, -0.05) is 36.4 Å². The van der Waals surface area contributed by atoms with Crippen molar-refractivity contribution in [3.05, 3.63) is 75.5 Å². The van der Waals surface area contributed by atoms with Crippen LogP contribution in [0.5, 0.6) is 0 Å². The van der Waals surface area contributed by atoms with Crippen LogP contribution in [-0.2, 0) is 13.6 Å². The van der Waals surface area contributed by atoms with Gasteiger partial charge in [-0.15, -0.1) is 6.58 Å². The zero-order valence-electron chi connectivity index (χ0n) is 11.4. The summed E-state index contributed by atoms with van der Waals surface area (Å²) >= 11 is 0. The monoisotopic (exact) mass is 271 g/mol. The number of benzene rings is 1. The molecule has 0 aliphatic carbocycles. The van der Waals surface area contributed by atoms with E-state index in [1.165, 1.54) is 13.1 Å². The van der Waals surface area contributed by atoms with E-state index in [9.17, 15) is 9.59 Å². The Morgan fingerprint density at radius 3 is 2.60 bits per heavy atom. The Morgan fingerprint density at radius 1 is 1.25 bits per heavy atom. The second kappa shape index (κ2) is 6.06. The average molecular weight is 271 g/mol. The van der Waals surface area contributed by atoms with Crippen LogP contribution in [0.2, 0.25) is 0 Å². The van der Waals surface area contributed by atoms with Gasteiger partial charge in [0.2, 0.25) is 0 Å². The highest BCUT2D eigenvalue weighted by Crippen LogP contribution is 2.06. The van der Waals surface area contributed by atoms with Crippen LogP contribution in [0.4, 0.5) is 5.82 Å². The Hall–Kier alpha value is -2.56. The Morgan fingerprint density at radius 2 is 1.95 bits per heavy atom. The van der Waals surface area contributed by atoms with Gasteiger partial charge >= 0.3 is 5.69 Å². The lowest BCUT2D eigenvalue weighted by Crippen LogP contribution is -2.39. The zero-order valence-corrected chi connectivity index (χ0v) is 11.4. The maximum absolute atomic E-state index is 12.2. The maximum Gasteiger partial charge on any atom is 0.332 e. The van der Waals surface area contributed by atoms with Gasteiger partial charge in [0, 0.05) is 19.7 Å². The number of rotatable bonds is 5. The molecule has 0 saturated carbocycles. The smallest absolute Gasteiger partial charge is 0.332 e. The highest BCUT2D eigenvalue weighted by Gasteiger charge is 2.09. The number of hydrogen-bond acceptors (Lipinski definition) is 3. The lowest BCUT2D eigenvalue weighted by Gasteiger charge is -2.14. The number of aromatic nitrogens is 2. The molecule has 0 amide bonds. The van der Waals surface area contributed by atoms with Gasteiger partial charge < -0.3 is 5.32 Å². The van der Waals surface area contributed by atoms with Crippen molar-refractivity contribution < 1.29 is 0 Å². The predicted octanol–water partition coefficient (Wildman–Crippen LogP) is 1.19. The van der Waals surface area contributed by atoms with Gasteiger partial charge in [-0.05, 0) is 5.56 Å². The van der Waals surface area contributed by atoms with E-state index in [2.05, 4.69) is 11.9 Å². The van der Waals surface area contributed by atoms with Crippen LogP contribution in [0.25, 0.3) is 0 Å². The van der Waals surface area contributed by atoms with Crippen molar-refractivity contribution in [2.45, 2.75) is 6.54 Å². The van der Waals surface area contributed by atoms with Crippen LogP contribution in [0.1, 0.15) is 5.56 Å². The standard InChI is InChI=1S/C15H17N3O2/c1-3-9-16-13-10-14(19)17(2)15(20)18(13)11-12-7-5-4-6-8-12/h3-8,10,16H,1,9,11H2,2H3. The molecule has 0 aliphatic heterocycles. The molecule has 1 aromatic carbocycles. The summed E-state index contributed by atoms with van der Waals surface area (Å²) in [5, 5.41) is 3.02. The molecule has 2 rings (SSSR count). The van der Waals surface area contributed by atoms with Gasteiger partial charge in [0.05, 0.1) is 6.54 Å². The Bertz CT molecular complexity index is 714. The minimum atomic E-state index is -0.340. The molecule has 5 heteroatoms. The molecule has 0 radical (unpaired) electrons. The van der Waals surface area contributed by atoms with E-state index < -0.39 is 0 Å². The second-order valence-corrected chi connectivity index (χ2v) is 4.45. The van der Waals surface area contributed by atoms with Crippen LogP contribution in [0, 0.1) is 0 Å². The fraction of sp³-hybridized carbons (Fsp3) is 0.200. The molecular formula is C15H17N3O2. The maximum atomic E-state index is 12.2. The van der Waals surface area contributed by atoms with Crippen LogP contribution in [0.3, 0.4) is 0 Å². The predicted molar refractivity (Wildman–Crippen MR) is 80.2 cm³/mol. The van der Waals surface area contributed by atoms with Gasteiger partial charge in [-0.25, -0.2) is 4.79 Å². The van der Waals surface area contributed by atoms with Crippen molar-refractivity contribution in [2.75, 3.05) is 11.9 Å². The van der Waals surface area contributed by atoms with E-state index in [-0.39, 0.29) is 11.2 Å². The van der Waals surface area contributed by atoms with Crippen molar-refractivity contribution in [2.24, 2.45) is 7.05 Å². The van der Waals surface area contributed by atoms with Crippen molar-refractivity contribution in [3.8, 4) is 0 Å². The lowest BCUT2D eigenvalue weighted by atomic mass is 10.2. The highest BCUT2D eigenvalue weighted by atomic mass is 16.2. The molecule has 0 bridgehead atoms. The normalized spacial score (nSPS) is 10.2. The van der Waals surface area contributed by atoms with E-state index in [0.717, 1.165) is 10.1 Å². The summed E-state index contributed by atoms with van der Waals surface area (Å²) in [4.78, 5) is 24.0.